The summed E-state index contributed by atoms with van der Waals surface area (Å²) in [6.45, 7) is 2.35. The fourth-order valence-corrected chi connectivity index (χ4v) is 2.60. The molecule has 0 saturated heterocycles. The average molecular weight is 295 g/mol. The van der Waals surface area contributed by atoms with Gasteiger partial charge in [-0.3, -0.25) is 4.79 Å². The van der Waals surface area contributed by atoms with Gasteiger partial charge in [-0.15, -0.1) is 0 Å². The van der Waals surface area contributed by atoms with Crippen LogP contribution in [-0.2, 0) is 17.8 Å². The fraction of sp³-hybridized carbons (Fsp3) is 0.400. The Morgan fingerprint density at radius 3 is 2.85 bits per heavy atom. The van der Waals surface area contributed by atoms with Crippen LogP contribution in [0.3, 0.4) is 0 Å². The number of rotatable bonds is 4. The molecule has 2 aromatic rings. The van der Waals surface area contributed by atoms with Gasteiger partial charge in [-0.1, -0.05) is 18.5 Å². The Kier molecular flexibility index (Phi) is 3.21. The van der Waals surface area contributed by atoms with Crippen molar-refractivity contribution >= 4 is 28.4 Å². The number of carbonyl (C=O) groups excluding carboxylic acids is 1. The number of carbonyl (C=O) groups is 1. The molecule has 1 heterocycles. The minimum Gasteiger partial charge on any atom is -0.357 e. The Bertz CT molecular complexity index is 676. The van der Waals surface area contributed by atoms with Crippen molar-refractivity contribution in [1.82, 2.24) is 10.3 Å². The smallest absolute Gasteiger partial charge is 0.257 e. The van der Waals surface area contributed by atoms with Gasteiger partial charge in [-0.05, 0) is 43.0 Å². The van der Waals surface area contributed by atoms with Gasteiger partial charge < -0.3 is 10.3 Å². The first kappa shape index (κ1) is 13.4. The summed E-state index contributed by atoms with van der Waals surface area (Å²) in [5, 5.41) is 4.37. The zero-order valence-corrected chi connectivity index (χ0v) is 12.0. The number of aromatic nitrogens is 1. The Hall–Kier alpha value is -1.55. The second-order valence-corrected chi connectivity index (χ2v) is 5.73. The standard InChI is InChI=1S/C15H16ClFN2O/c1-2-9-7-13-10(6-12(9)16)5-11(19-13)8-18-14(20)15(17)3-4-15/h5-7,19H,2-4,8H2,1H3,(H,18,20). The van der Waals surface area contributed by atoms with Crippen molar-refractivity contribution in [1.29, 1.82) is 0 Å². The molecule has 3 nitrogen and oxygen atoms in total. The second-order valence-electron chi connectivity index (χ2n) is 5.33. The maximum Gasteiger partial charge on any atom is 0.257 e. The van der Waals surface area contributed by atoms with Gasteiger partial charge in [0.2, 0.25) is 0 Å². The largest absolute Gasteiger partial charge is 0.357 e. The van der Waals surface area contributed by atoms with E-state index in [0.29, 0.717) is 19.4 Å². The Morgan fingerprint density at radius 2 is 2.20 bits per heavy atom. The normalized spacial score (nSPS) is 16.4. The number of hydrogen-bond acceptors (Lipinski definition) is 1. The lowest BCUT2D eigenvalue weighted by molar-refractivity contribution is -0.127. The van der Waals surface area contributed by atoms with E-state index in [-0.39, 0.29) is 0 Å². The van der Waals surface area contributed by atoms with E-state index in [9.17, 15) is 9.18 Å². The highest BCUT2D eigenvalue weighted by molar-refractivity contribution is 6.32. The number of fused-ring (bicyclic) bond motifs is 1. The summed E-state index contributed by atoms with van der Waals surface area (Å²) in [5.74, 6) is -0.511. The van der Waals surface area contributed by atoms with Crippen molar-refractivity contribution in [2.24, 2.45) is 0 Å². The molecule has 1 aromatic heterocycles. The molecule has 1 aliphatic rings. The maximum absolute atomic E-state index is 13.5. The van der Waals surface area contributed by atoms with Crippen molar-refractivity contribution in [2.45, 2.75) is 38.4 Å². The van der Waals surface area contributed by atoms with Crippen molar-refractivity contribution in [2.75, 3.05) is 0 Å². The van der Waals surface area contributed by atoms with Crippen LogP contribution in [0.15, 0.2) is 18.2 Å². The average Bonchev–Trinajstić information content (AvgIpc) is 3.05. The number of benzene rings is 1. The molecule has 2 N–H and O–H groups in total. The molecule has 5 heteroatoms. The van der Waals surface area contributed by atoms with Crippen LogP contribution in [0.5, 0.6) is 0 Å². The Morgan fingerprint density at radius 1 is 1.45 bits per heavy atom. The summed E-state index contributed by atoms with van der Waals surface area (Å²) < 4.78 is 13.5. The van der Waals surface area contributed by atoms with Crippen LogP contribution in [0, 0.1) is 0 Å². The molecule has 0 radical (unpaired) electrons. The van der Waals surface area contributed by atoms with Crippen LogP contribution in [0.1, 0.15) is 31.0 Å². The van der Waals surface area contributed by atoms with Crippen LogP contribution < -0.4 is 5.32 Å². The number of H-pyrrole nitrogens is 1. The molecule has 20 heavy (non-hydrogen) atoms. The molecule has 0 unspecified atom stereocenters. The summed E-state index contributed by atoms with van der Waals surface area (Å²) in [5.41, 5.74) is 1.29. The summed E-state index contributed by atoms with van der Waals surface area (Å²) in [6.07, 6.45) is 1.53. The van der Waals surface area contributed by atoms with Crippen LogP contribution in [0.25, 0.3) is 10.9 Å². The number of aryl methyl sites for hydroxylation is 1. The topological polar surface area (TPSA) is 44.9 Å². The van der Waals surface area contributed by atoms with Crippen LogP contribution >= 0.6 is 11.6 Å². The molecule has 1 amide bonds. The van der Waals surface area contributed by atoms with Crippen LogP contribution in [0.4, 0.5) is 4.39 Å². The zero-order valence-electron chi connectivity index (χ0n) is 11.2. The van der Waals surface area contributed by atoms with Gasteiger partial charge in [0.1, 0.15) is 0 Å². The van der Waals surface area contributed by atoms with Crippen molar-refractivity contribution in [3.8, 4) is 0 Å². The number of aromatic amines is 1. The molecule has 3 rings (SSSR count). The van der Waals surface area contributed by atoms with E-state index in [4.69, 9.17) is 11.6 Å². The first-order chi connectivity index (χ1) is 9.51. The molecule has 0 aliphatic heterocycles. The van der Waals surface area contributed by atoms with E-state index >= 15 is 0 Å². The minimum atomic E-state index is -1.62. The van der Waals surface area contributed by atoms with Gasteiger partial charge in [-0.2, -0.15) is 0 Å². The van der Waals surface area contributed by atoms with E-state index in [0.717, 1.165) is 33.6 Å². The van der Waals surface area contributed by atoms with E-state index in [1.807, 2.05) is 25.1 Å². The Labute approximate surface area is 121 Å². The predicted molar refractivity (Wildman–Crippen MR) is 77.6 cm³/mol. The first-order valence-corrected chi connectivity index (χ1v) is 7.17. The van der Waals surface area contributed by atoms with Gasteiger partial charge in [0.25, 0.3) is 5.91 Å². The van der Waals surface area contributed by atoms with Gasteiger partial charge in [0.15, 0.2) is 5.67 Å². The number of alkyl halides is 1. The molecule has 0 atom stereocenters. The van der Waals surface area contributed by atoms with Crippen LogP contribution in [-0.4, -0.2) is 16.6 Å². The monoisotopic (exact) mass is 294 g/mol. The number of nitrogens with one attached hydrogen (secondary N) is 2. The first-order valence-electron chi connectivity index (χ1n) is 6.79. The van der Waals surface area contributed by atoms with E-state index in [1.54, 1.807) is 0 Å². The molecule has 0 spiro atoms. The third-order valence-corrected chi connectivity index (χ3v) is 4.11. The van der Waals surface area contributed by atoms with Crippen molar-refractivity contribution in [3.63, 3.8) is 0 Å². The number of halogens is 2. The summed E-state index contributed by atoms with van der Waals surface area (Å²) in [4.78, 5) is 14.8. The lowest BCUT2D eigenvalue weighted by atomic mass is 10.1. The molecular weight excluding hydrogens is 279 g/mol. The summed E-state index contributed by atoms with van der Waals surface area (Å²) >= 11 is 6.18. The SMILES string of the molecule is CCc1cc2[nH]c(CNC(=O)C3(F)CC3)cc2cc1Cl. The third kappa shape index (κ3) is 2.40. The van der Waals surface area contributed by atoms with Crippen molar-refractivity contribution in [3.05, 3.63) is 34.5 Å². The summed E-state index contributed by atoms with van der Waals surface area (Å²) in [6, 6.07) is 5.86. The van der Waals surface area contributed by atoms with E-state index < -0.39 is 11.6 Å². The quantitative estimate of drug-likeness (QED) is 0.890. The fourth-order valence-electron chi connectivity index (χ4n) is 2.29. The van der Waals surface area contributed by atoms with Crippen molar-refractivity contribution < 1.29 is 9.18 Å². The van der Waals surface area contributed by atoms with E-state index in [1.165, 1.54) is 0 Å². The number of hydrogen-bond donors (Lipinski definition) is 2. The molecule has 1 saturated carbocycles. The molecule has 1 fully saturated rings. The molecular formula is C15H16ClFN2O. The Balaban J connectivity index is 1.77. The summed E-state index contributed by atoms with van der Waals surface area (Å²) in [7, 11) is 0. The highest BCUT2D eigenvalue weighted by Crippen LogP contribution is 2.39. The van der Waals surface area contributed by atoms with Gasteiger partial charge >= 0.3 is 0 Å². The highest BCUT2D eigenvalue weighted by Gasteiger charge is 2.50. The lowest BCUT2D eigenvalue weighted by Gasteiger charge is -2.05. The number of amides is 1. The predicted octanol–water partition coefficient (Wildman–Crippen LogP) is 3.50. The second kappa shape index (κ2) is 4.77. The third-order valence-electron chi connectivity index (χ3n) is 3.76. The molecule has 106 valence electrons. The van der Waals surface area contributed by atoms with E-state index in [2.05, 4.69) is 10.3 Å². The molecule has 0 bridgehead atoms. The maximum atomic E-state index is 13.5. The highest BCUT2D eigenvalue weighted by atomic mass is 35.5. The zero-order chi connectivity index (χ0) is 14.3. The minimum absolute atomic E-state index is 0.304. The van der Waals surface area contributed by atoms with Gasteiger partial charge in [0.05, 0.1) is 6.54 Å². The molecule has 1 aliphatic carbocycles. The molecule has 1 aromatic carbocycles. The van der Waals surface area contributed by atoms with Crippen LogP contribution in [0.2, 0.25) is 5.02 Å². The van der Waals surface area contributed by atoms with Gasteiger partial charge in [0, 0.05) is 21.6 Å². The van der Waals surface area contributed by atoms with Gasteiger partial charge in [-0.25, -0.2) is 4.39 Å². The lowest BCUT2D eigenvalue weighted by Crippen LogP contribution is -2.32.